The molecule has 7 aromatic carbocycles. The van der Waals surface area contributed by atoms with E-state index in [0.717, 1.165) is 22.6 Å². The maximum absolute atomic E-state index is 5.15. The van der Waals surface area contributed by atoms with Gasteiger partial charge < -0.3 is 4.90 Å². The van der Waals surface area contributed by atoms with Gasteiger partial charge in [0.15, 0.2) is 0 Å². The summed E-state index contributed by atoms with van der Waals surface area (Å²) in [7, 11) is 0. The van der Waals surface area contributed by atoms with Crippen LogP contribution in [-0.4, -0.2) is 4.98 Å². The number of aromatic nitrogens is 1. The van der Waals surface area contributed by atoms with Crippen molar-refractivity contribution in [1.29, 1.82) is 0 Å². The third-order valence-electron chi connectivity index (χ3n) is 13.8. The second-order valence-corrected chi connectivity index (χ2v) is 17.0. The minimum atomic E-state index is 0.218. The molecule has 0 spiro atoms. The van der Waals surface area contributed by atoms with Crippen LogP contribution in [-0.2, 0) is 0 Å². The molecular formula is C59H44N2. The fourth-order valence-electron chi connectivity index (χ4n) is 10.8. The van der Waals surface area contributed by atoms with Gasteiger partial charge in [-0.15, -0.1) is 0 Å². The first kappa shape index (κ1) is 35.6. The van der Waals surface area contributed by atoms with Crippen molar-refractivity contribution in [2.45, 2.75) is 30.1 Å². The van der Waals surface area contributed by atoms with E-state index in [1.54, 1.807) is 0 Å². The van der Waals surface area contributed by atoms with E-state index in [9.17, 15) is 0 Å². The molecule has 2 nitrogen and oxygen atoms in total. The molecule has 4 unspecified atom stereocenters. The van der Waals surface area contributed by atoms with Gasteiger partial charge in [-0.3, -0.25) is 4.98 Å². The second-order valence-electron chi connectivity index (χ2n) is 17.0. The highest BCUT2D eigenvalue weighted by atomic mass is 15.1. The Morgan fingerprint density at radius 1 is 0.492 bits per heavy atom. The Labute approximate surface area is 358 Å². The molecule has 2 heteroatoms. The average Bonchev–Trinajstić information content (AvgIpc) is 3.32. The van der Waals surface area contributed by atoms with Crippen LogP contribution in [0.2, 0.25) is 0 Å². The zero-order valence-corrected chi connectivity index (χ0v) is 33.9. The van der Waals surface area contributed by atoms with E-state index in [2.05, 4.69) is 230 Å². The molecule has 0 saturated heterocycles. The molecule has 0 aliphatic heterocycles. The number of anilines is 3. The predicted molar refractivity (Wildman–Crippen MR) is 254 cm³/mol. The fraction of sp³-hybridized carbons (Fsp3) is 0.102. The monoisotopic (exact) mass is 780 g/mol. The Hall–Kier alpha value is -7.29. The number of pyridine rings is 1. The summed E-state index contributed by atoms with van der Waals surface area (Å²) in [4.78, 5) is 7.58. The number of fused-ring (bicyclic) bond motifs is 1. The van der Waals surface area contributed by atoms with Crippen LogP contribution in [0.4, 0.5) is 17.1 Å². The number of benzene rings is 7. The SMILES string of the molecule is C1=CC2C=Cc3c(N(c4ccccc4)c4ccc5ccccc5c4)ccc4c3C2C(=C1c1ccc(-c2ccc(C3C[C@H](c5ccccc5)C3c3ccccc3)cc2)cn1)C=C4. The Kier molecular flexibility index (Phi) is 8.62. The van der Waals surface area contributed by atoms with Gasteiger partial charge in [-0.25, -0.2) is 0 Å². The van der Waals surface area contributed by atoms with Crippen molar-refractivity contribution in [2.24, 2.45) is 5.92 Å². The number of rotatable bonds is 8. The van der Waals surface area contributed by atoms with Crippen LogP contribution in [0.25, 0.3) is 39.6 Å². The van der Waals surface area contributed by atoms with Crippen LogP contribution < -0.4 is 4.90 Å². The normalized spacial score (nSPS) is 20.6. The summed E-state index contributed by atoms with van der Waals surface area (Å²) >= 11 is 0. The summed E-state index contributed by atoms with van der Waals surface area (Å²) in [5, 5.41) is 2.48. The summed E-state index contributed by atoms with van der Waals surface area (Å²) in [5.74, 6) is 2.01. The van der Waals surface area contributed by atoms with Crippen molar-refractivity contribution in [3.05, 3.63) is 257 Å². The summed E-state index contributed by atoms with van der Waals surface area (Å²) in [5.41, 5.74) is 17.7. The highest BCUT2D eigenvalue weighted by Crippen LogP contribution is 2.58. The van der Waals surface area contributed by atoms with Gasteiger partial charge in [0.2, 0.25) is 0 Å². The standard InChI is InChI=1S/C59H44N2/c1-4-13-41(14-5-1)53-37-54(57(53)43-15-6-2-7-16-43)42-22-20-40(21-23-42)47-28-34-55(60-38-47)50-31-25-44-27-33-52-56(35-29-45-26-32-51(50)58(44)59(45)52)61(48-18-8-3-9-19-48)49-30-24-39-12-10-11-17-46(39)36-49/h1-36,38,44,53-54,57-58H,37H2/t44?,53-,54?,57?,58?/m1/s1. The lowest BCUT2D eigenvalue weighted by Gasteiger charge is -2.46. The number of hydrogen-bond donors (Lipinski definition) is 0. The van der Waals surface area contributed by atoms with E-state index in [4.69, 9.17) is 4.98 Å². The predicted octanol–water partition coefficient (Wildman–Crippen LogP) is 15.2. The highest BCUT2D eigenvalue weighted by molar-refractivity contribution is 5.94. The zero-order valence-electron chi connectivity index (χ0n) is 33.9. The van der Waals surface area contributed by atoms with Crippen molar-refractivity contribution in [3.8, 4) is 11.1 Å². The molecule has 290 valence electrons. The molecule has 1 saturated carbocycles. The third-order valence-corrected chi connectivity index (χ3v) is 13.8. The van der Waals surface area contributed by atoms with E-state index in [-0.39, 0.29) is 11.8 Å². The Morgan fingerprint density at radius 3 is 1.92 bits per heavy atom. The third kappa shape index (κ3) is 6.13. The maximum Gasteiger partial charge on any atom is 0.0705 e. The fourth-order valence-corrected chi connectivity index (χ4v) is 10.8. The summed E-state index contributed by atoms with van der Waals surface area (Å²) in [6.07, 6.45) is 17.4. The highest BCUT2D eigenvalue weighted by Gasteiger charge is 2.43. The Morgan fingerprint density at radius 2 is 1.16 bits per heavy atom. The second kappa shape index (κ2) is 14.8. The lowest BCUT2D eigenvalue weighted by molar-refractivity contribution is 0.285. The van der Waals surface area contributed by atoms with Crippen LogP contribution >= 0.6 is 0 Å². The zero-order chi connectivity index (χ0) is 40.3. The van der Waals surface area contributed by atoms with Crippen molar-refractivity contribution in [1.82, 2.24) is 4.98 Å². The first-order valence-corrected chi connectivity index (χ1v) is 21.7. The van der Waals surface area contributed by atoms with Crippen molar-refractivity contribution >= 4 is 45.6 Å². The molecule has 1 heterocycles. The maximum atomic E-state index is 5.15. The van der Waals surface area contributed by atoms with E-state index < -0.39 is 0 Å². The lowest BCUT2D eigenvalue weighted by atomic mass is 9.57. The molecule has 5 atom stereocenters. The van der Waals surface area contributed by atoms with Crippen molar-refractivity contribution < 1.29 is 0 Å². The molecule has 0 amide bonds. The van der Waals surface area contributed by atoms with Crippen LogP contribution in [0.3, 0.4) is 0 Å². The molecule has 0 N–H and O–H groups in total. The topological polar surface area (TPSA) is 16.1 Å². The van der Waals surface area contributed by atoms with Gasteiger partial charge in [0.05, 0.1) is 11.4 Å². The first-order chi connectivity index (χ1) is 30.2. The van der Waals surface area contributed by atoms with Crippen LogP contribution in [0.5, 0.6) is 0 Å². The summed E-state index contributed by atoms with van der Waals surface area (Å²) in [6, 6.07) is 66.8. The average molecular weight is 781 g/mol. The Balaban J connectivity index is 0.853. The number of allylic oxidation sites excluding steroid dienone is 6. The molecule has 8 aromatic rings. The molecule has 0 bridgehead atoms. The molecule has 61 heavy (non-hydrogen) atoms. The largest absolute Gasteiger partial charge is 0.310 e. The number of nitrogens with zero attached hydrogens (tertiary/aromatic N) is 2. The van der Waals surface area contributed by atoms with Crippen LogP contribution in [0.15, 0.2) is 218 Å². The van der Waals surface area contributed by atoms with Crippen LogP contribution in [0.1, 0.15) is 69.2 Å². The van der Waals surface area contributed by atoms with E-state index in [1.165, 1.54) is 73.0 Å². The molecule has 12 rings (SSSR count). The summed E-state index contributed by atoms with van der Waals surface area (Å²) in [6.45, 7) is 0. The van der Waals surface area contributed by atoms with Gasteiger partial charge >= 0.3 is 0 Å². The van der Waals surface area contributed by atoms with E-state index in [0.29, 0.717) is 17.8 Å². The van der Waals surface area contributed by atoms with E-state index in [1.807, 2.05) is 0 Å². The molecule has 4 aliphatic carbocycles. The smallest absolute Gasteiger partial charge is 0.0705 e. The van der Waals surface area contributed by atoms with Gasteiger partial charge in [-0.05, 0) is 110 Å². The van der Waals surface area contributed by atoms with Gasteiger partial charge in [0, 0.05) is 46.1 Å². The molecule has 1 aromatic heterocycles. The Bertz CT molecular complexity index is 3050. The molecule has 0 radical (unpaired) electrons. The van der Waals surface area contributed by atoms with E-state index >= 15 is 0 Å². The van der Waals surface area contributed by atoms with Gasteiger partial charge in [0.1, 0.15) is 0 Å². The molecular weight excluding hydrogens is 737 g/mol. The summed E-state index contributed by atoms with van der Waals surface area (Å²) < 4.78 is 0. The van der Waals surface area contributed by atoms with Crippen molar-refractivity contribution in [3.63, 3.8) is 0 Å². The van der Waals surface area contributed by atoms with Gasteiger partial charge in [-0.1, -0.05) is 182 Å². The van der Waals surface area contributed by atoms with Crippen molar-refractivity contribution in [2.75, 3.05) is 4.90 Å². The number of para-hydroxylation sites is 1. The lowest BCUT2D eigenvalue weighted by Crippen LogP contribution is -2.31. The molecule has 1 fully saturated rings. The minimum absolute atomic E-state index is 0.218. The number of hydrogen-bond acceptors (Lipinski definition) is 2. The first-order valence-electron chi connectivity index (χ1n) is 21.7. The van der Waals surface area contributed by atoms with Gasteiger partial charge in [0.25, 0.3) is 0 Å². The quantitative estimate of drug-likeness (QED) is 0.153. The van der Waals surface area contributed by atoms with Crippen LogP contribution in [0, 0.1) is 5.92 Å². The minimum Gasteiger partial charge on any atom is -0.310 e. The van der Waals surface area contributed by atoms with Gasteiger partial charge in [-0.2, -0.15) is 0 Å². The molecule has 4 aliphatic rings.